The van der Waals surface area contributed by atoms with Crippen LogP contribution >= 0.6 is 27.7 Å². The van der Waals surface area contributed by atoms with Crippen LogP contribution in [0.2, 0.25) is 0 Å². The SMILES string of the molecule is C=CCCCCOC(=O)[C@H]1[C@H]2C(=O)N([C@H](C)CO)C(C(=O)N(CC=C)c3ccc4ccccc4c3)C23CC(Br)[C@@H]1S3. The number of fused-ring (bicyclic) bond motifs is 2. The molecule has 2 aromatic carbocycles. The van der Waals surface area contributed by atoms with Gasteiger partial charge in [-0.3, -0.25) is 14.4 Å². The smallest absolute Gasteiger partial charge is 0.310 e. The quantitative estimate of drug-likeness (QED) is 0.150. The fourth-order valence-corrected chi connectivity index (χ4v) is 10.4. The highest BCUT2D eigenvalue weighted by Gasteiger charge is 2.76. The number of likely N-dealkylation sites (tertiary alicyclic amines) is 1. The molecule has 2 aromatic rings. The molecule has 3 unspecified atom stereocenters. The monoisotopic (exact) mass is 640 g/mol. The van der Waals surface area contributed by atoms with Crippen molar-refractivity contribution >= 4 is 61.9 Å². The molecule has 2 bridgehead atoms. The van der Waals surface area contributed by atoms with Gasteiger partial charge in [-0.15, -0.1) is 24.9 Å². The third-order valence-electron chi connectivity index (χ3n) is 8.64. The van der Waals surface area contributed by atoms with Gasteiger partial charge in [0.25, 0.3) is 5.91 Å². The molecule has 3 aliphatic heterocycles. The van der Waals surface area contributed by atoms with Crippen molar-refractivity contribution in [3.05, 3.63) is 67.8 Å². The molecule has 5 rings (SSSR count). The van der Waals surface area contributed by atoms with Crippen LogP contribution < -0.4 is 4.90 Å². The van der Waals surface area contributed by atoms with Crippen LogP contribution in [0.25, 0.3) is 10.8 Å². The molecule has 0 radical (unpaired) electrons. The number of halogens is 1. The molecule has 7 nitrogen and oxygen atoms in total. The largest absolute Gasteiger partial charge is 0.465 e. The van der Waals surface area contributed by atoms with Crippen LogP contribution in [0.15, 0.2) is 67.8 Å². The van der Waals surface area contributed by atoms with E-state index in [9.17, 15) is 19.5 Å². The Morgan fingerprint density at radius 3 is 2.68 bits per heavy atom. The maximum Gasteiger partial charge on any atom is 0.310 e. The van der Waals surface area contributed by atoms with Gasteiger partial charge < -0.3 is 19.6 Å². The molecular formula is C32H37BrN2O5S. The van der Waals surface area contributed by atoms with Gasteiger partial charge in [0.1, 0.15) is 6.04 Å². The molecule has 2 amide bonds. The highest BCUT2D eigenvalue weighted by molar-refractivity contribution is 9.09. The molecule has 9 heteroatoms. The van der Waals surface area contributed by atoms with E-state index in [1.807, 2.05) is 48.5 Å². The van der Waals surface area contributed by atoms with Crippen molar-refractivity contribution in [1.82, 2.24) is 4.90 Å². The van der Waals surface area contributed by atoms with Gasteiger partial charge in [0.05, 0.1) is 35.8 Å². The van der Waals surface area contributed by atoms with E-state index in [0.29, 0.717) is 12.1 Å². The summed E-state index contributed by atoms with van der Waals surface area (Å²) >= 11 is 5.36. The van der Waals surface area contributed by atoms with Gasteiger partial charge in [0.2, 0.25) is 5.91 Å². The fourth-order valence-electron chi connectivity index (χ4n) is 6.78. The highest BCUT2D eigenvalue weighted by Crippen LogP contribution is 2.68. The minimum Gasteiger partial charge on any atom is -0.465 e. The summed E-state index contributed by atoms with van der Waals surface area (Å²) < 4.78 is 4.88. The van der Waals surface area contributed by atoms with Crippen LogP contribution in [-0.2, 0) is 19.1 Å². The average molecular weight is 642 g/mol. The first-order valence-corrected chi connectivity index (χ1v) is 16.0. The second kappa shape index (κ2) is 12.3. The first kappa shape index (κ1) is 29.9. The second-order valence-electron chi connectivity index (χ2n) is 11.2. The van der Waals surface area contributed by atoms with Crippen LogP contribution in [0.5, 0.6) is 0 Å². The highest BCUT2D eigenvalue weighted by atomic mass is 79.9. The van der Waals surface area contributed by atoms with Crippen molar-refractivity contribution in [1.29, 1.82) is 0 Å². The van der Waals surface area contributed by atoms with E-state index >= 15 is 0 Å². The Hall–Kier alpha value is -2.62. The first-order valence-electron chi connectivity index (χ1n) is 14.2. The molecule has 218 valence electrons. The molecule has 3 aliphatic rings. The summed E-state index contributed by atoms with van der Waals surface area (Å²) in [5, 5.41) is 12.1. The van der Waals surface area contributed by atoms with Crippen LogP contribution in [0.1, 0.15) is 32.6 Å². The van der Waals surface area contributed by atoms with E-state index in [0.717, 1.165) is 30.0 Å². The fraction of sp³-hybridized carbons (Fsp3) is 0.469. The van der Waals surface area contributed by atoms with Gasteiger partial charge in [0.15, 0.2) is 0 Å². The van der Waals surface area contributed by atoms with Crippen LogP contribution in [0.4, 0.5) is 5.69 Å². The average Bonchev–Trinajstić information content (AvgIpc) is 3.58. The maximum absolute atomic E-state index is 14.7. The third-order valence-corrected chi connectivity index (χ3v) is 11.9. The summed E-state index contributed by atoms with van der Waals surface area (Å²) in [4.78, 5) is 45.5. The van der Waals surface area contributed by atoms with Gasteiger partial charge in [0, 0.05) is 22.3 Å². The van der Waals surface area contributed by atoms with Crippen LogP contribution in [0.3, 0.4) is 0 Å². The predicted molar refractivity (Wildman–Crippen MR) is 167 cm³/mol. The van der Waals surface area contributed by atoms with Crippen molar-refractivity contribution in [2.45, 2.75) is 59.5 Å². The van der Waals surface area contributed by atoms with E-state index in [4.69, 9.17) is 4.74 Å². The number of nitrogens with zero attached hydrogens (tertiary/aromatic N) is 2. The Morgan fingerprint density at radius 1 is 1.22 bits per heavy atom. The number of alkyl halides is 1. The number of hydrogen-bond acceptors (Lipinski definition) is 6. The van der Waals surface area contributed by atoms with Gasteiger partial charge in [-0.1, -0.05) is 58.4 Å². The lowest BCUT2D eigenvalue weighted by molar-refractivity contribution is -0.154. The second-order valence-corrected chi connectivity index (χ2v) is 13.9. The lowest BCUT2D eigenvalue weighted by Gasteiger charge is -2.39. The van der Waals surface area contributed by atoms with Crippen LogP contribution in [-0.4, -0.2) is 74.5 Å². The van der Waals surface area contributed by atoms with E-state index in [-0.39, 0.29) is 47.6 Å². The number of carbonyl (C=O) groups excluding carboxylic acids is 3. The zero-order valence-corrected chi connectivity index (χ0v) is 25.7. The Bertz CT molecular complexity index is 1350. The minimum absolute atomic E-state index is 0.0527. The number of amides is 2. The lowest BCUT2D eigenvalue weighted by atomic mass is 9.71. The molecule has 41 heavy (non-hydrogen) atoms. The molecule has 0 aromatic heterocycles. The Morgan fingerprint density at radius 2 is 1.98 bits per heavy atom. The topological polar surface area (TPSA) is 87.1 Å². The summed E-state index contributed by atoms with van der Waals surface area (Å²) in [6, 6.07) is 12.4. The molecule has 0 aliphatic carbocycles. The number of anilines is 1. The Labute approximate surface area is 254 Å². The van der Waals surface area contributed by atoms with Crippen molar-refractivity contribution in [3.63, 3.8) is 0 Å². The van der Waals surface area contributed by atoms with Crippen LogP contribution in [0, 0.1) is 11.8 Å². The standard InChI is InChI=1S/C32H37BrN2O5S/c1-4-6-7-10-16-40-31(39)25-26-29(37)35(20(3)19-36)28(32(26)18-24(33)27(25)41-32)30(38)34(15-5-2)23-14-13-21-11-8-9-12-22(21)17-23/h4-5,8-9,11-14,17,20,24-28,36H,1-2,6-7,10,15-16,18-19H2,3H3/t20-,24?,25+,26+,27+,28?,32?/m1/s1. The van der Waals surface area contributed by atoms with Crippen molar-refractivity contribution in [2.24, 2.45) is 11.8 Å². The van der Waals surface area contributed by atoms with Gasteiger partial charge in [-0.25, -0.2) is 0 Å². The molecule has 1 spiro atoms. The zero-order valence-electron chi connectivity index (χ0n) is 23.3. The summed E-state index contributed by atoms with van der Waals surface area (Å²) in [6.45, 7) is 9.62. The predicted octanol–water partition coefficient (Wildman–Crippen LogP) is 5.10. The number of allylic oxidation sites excluding steroid dienone is 1. The number of unbranched alkanes of at least 4 members (excludes halogenated alkanes) is 2. The number of thioether (sulfide) groups is 1. The molecule has 3 saturated heterocycles. The lowest BCUT2D eigenvalue weighted by Crippen LogP contribution is -2.57. The molecule has 3 heterocycles. The van der Waals surface area contributed by atoms with Gasteiger partial charge >= 0.3 is 5.97 Å². The third kappa shape index (κ3) is 5.14. The van der Waals surface area contributed by atoms with Crippen molar-refractivity contribution in [2.75, 3.05) is 24.7 Å². The summed E-state index contributed by atoms with van der Waals surface area (Å²) in [5.74, 6) is -2.23. The number of benzene rings is 2. The van der Waals surface area contributed by atoms with E-state index in [2.05, 4.69) is 29.1 Å². The molecule has 3 fully saturated rings. The minimum atomic E-state index is -0.853. The molecule has 7 atom stereocenters. The normalized spacial score (nSPS) is 28.9. The number of hydrogen-bond donors (Lipinski definition) is 1. The zero-order chi connectivity index (χ0) is 29.3. The number of rotatable bonds is 12. The Balaban J connectivity index is 1.51. The number of esters is 1. The summed E-state index contributed by atoms with van der Waals surface area (Å²) in [5.41, 5.74) is 0.709. The number of aliphatic hydroxyl groups is 1. The summed E-state index contributed by atoms with van der Waals surface area (Å²) in [7, 11) is 0. The van der Waals surface area contributed by atoms with E-state index < -0.39 is 28.7 Å². The van der Waals surface area contributed by atoms with Crippen molar-refractivity contribution < 1.29 is 24.2 Å². The molecular weight excluding hydrogens is 604 g/mol. The van der Waals surface area contributed by atoms with E-state index in [1.165, 1.54) is 0 Å². The van der Waals surface area contributed by atoms with Gasteiger partial charge in [-0.05, 0) is 55.5 Å². The Kier molecular flexibility index (Phi) is 8.97. The number of ether oxygens (including phenoxy) is 1. The maximum atomic E-state index is 14.7. The van der Waals surface area contributed by atoms with Gasteiger partial charge in [-0.2, -0.15) is 0 Å². The molecule has 0 saturated carbocycles. The van der Waals surface area contributed by atoms with E-state index in [1.54, 1.807) is 34.6 Å². The van der Waals surface area contributed by atoms with Crippen molar-refractivity contribution in [3.8, 4) is 0 Å². The molecule has 1 N–H and O–H groups in total. The summed E-state index contributed by atoms with van der Waals surface area (Å²) in [6.07, 6.45) is 6.53. The number of aliphatic hydroxyl groups excluding tert-OH is 1. The number of carbonyl (C=O) groups is 3. The first-order chi connectivity index (χ1) is 19.8.